The Bertz CT molecular complexity index is 535. The lowest BCUT2D eigenvalue weighted by Crippen LogP contribution is -2.31. The number of aromatic nitrogens is 2. The molecule has 5 heteroatoms. The minimum absolute atomic E-state index is 0.680. The molecule has 3 N–H and O–H groups in total. The van der Waals surface area contributed by atoms with Gasteiger partial charge in [-0.1, -0.05) is 6.92 Å². The van der Waals surface area contributed by atoms with E-state index in [2.05, 4.69) is 27.3 Å². The maximum absolute atomic E-state index is 5.47. The molecular formula is C12H15N5. The van der Waals surface area contributed by atoms with Gasteiger partial charge in [-0.2, -0.15) is 0 Å². The monoisotopic (exact) mass is 229 g/mol. The first kappa shape index (κ1) is 11.5. The third-order valence-electron chi connectivity index (χ3n) is 2.37. The van der Waals surface area contributed by atoms with Crippen LogP contribution in [0.25, 0.3) is 11.0 Å². The van der Waals surface area contributed by atoms with Crippen molar-refractivity contribution in [1.29, 1.82) is 0 Å². The van der Waals surface area contributed by atoms with Crippen molar-refractivity contribution in [2.24, 2.45) is 10.8 Å². The number of hydrogen-bond donors (Lipinski definition) is 2. The van der Waals surface area contributed by atoms with Crippen LogP contribution in [0.3, 0.4) is 0 Å². The van der Waals surface area contributed by atoms with Gasteiger partial charge in [0.05, 0.1) is 11.0 Å². The van der Waals surface area contributed by atoms with Crippen molar-refractivity contribution in [3.05, 3.63) is 36.2 Å². The number of nitrogens with two attached hydrogens (primary N) is 1. The molecule has 5 nitrogen and oxygen atoms in total. The van der Waals surface area contributed by atoms with Crippen molar-refractivity contribution in [2.75, 3.05) is 6.54 Å². The first-order valence-electron chi connectivity index (χ1n) is 5.57. The van der Waals surface area contributed by atoms with E-state index in [4.69, 9.17) is 5.84 Å². The largest absolute Gasteiger partial charge is 0.308 e. The molecule has 1 aromatic heterocycles. The van der Waals surface area contributed by atoms with Crippen LogP contribution in [0.4, 0.5) is 0 Å². The smallest absolute Gasteiger partial charge is 0.142 e. The summed E-state index contributed by atoms with van der Waals surface area (Å²) in [6.45, 7) is 2.82. The Balaban J connectivity index is 2.41. The van der Waals surface area contributed by atoms with Gasteiger partial charge in [-0.15, -0.1) is 0 Å². The van der Waals surface area contributed by atoms with Gasteiger partial charge in [0.15, 0.2) is 0 Å². The molecule has 1 heterocycles. The van der Waals surface area contributed by atoms with E-state index < -0.39 is 0 Å². The lowest BCUT2D eigenvalue weighted by molar-refractivity contribution is 0.908. The van der Waals surface area contributed by atoms with E-state index in [9.17, 15) is 0 Å². The van der Waals surface area contributed by atoms with Crippen LogP contribution in [0.1, 0.15) is 18.9 Å². The van der Waals surface area contributed by atoms with E-state index in [0.717, 1.165) is 29.6 Å². The highest BCUT2D eigenvalue weighted by molar-refractivity contribution is 6.00. The highest BCUT2D eigenvalue weighted by Crippen LogP contribution is 2.11. The summed E-state index contributed by atoms with van der Waals surface area (Å²) in [7, 11) is 0. The Labute approximate surface area is 99.8 Å². The summed E-state index contributed by atoms with van der Waals surface area (Å²) in [5, 5.41) is 0. The topological polar surface area (TPSA) is 76.2 Å². The quantitative estimate of drug-likeness (QED) is 0.359. The fourth-order valence-electron chi connectivity index (χ4n) is 1.55. The second-order valence-corrected chi connectivity index (χ2v) is 3.63. The van der Waals surface area contributed by atoms with Gasteiger partial charge in [0.2, 0.25) is 0 Å². The maximum Gasteiger partial charge on any atom is 0.142 e. The second-order valence-electron chi connectivity index (χ2n) is 3.63. The molecule has 0 saturated carbocycles. The number of hydrazine groups is 1. The summed E-state index contributed by atoms with van der Waals surface area (Å²) >= 11 is 0. The third kappa shape index (κ3) is 2.57. The molecule has 2 rings (SSSR count). The molecule has 17 heavy (non-hydrogen) atoms. The van der Waals surface area contributed by atoms with Gasteiger partial charge >= 0.3 is 0 Å². The normalized spacial score (nSPS) is 11.8. The van der Waals surface area contributed by atoms with Crippen LogP contribution in [-0.2, 0) is 0 Å². The average molecular weight is 229 g/mol. The number of aliphatic imine (C=N–C) groups is 1. The van der Waals surface area contributed by atoms with Gasteiger partial charge in [-0.05, 0) is 24.6 Å². The van der Waals surface area contributed by atoms with Crippen LogP contribution in [0.15, 0.2) is 35.6 Å². The summed E-state index contributed by atoms with van der Waals surface area (Å²) in [6, 6.07) is 5.78. The van der Waals surface area contributed by atoms with Gasteiger partial charge in [0.25, 0.3) is 0 Å². The molecule has 0 spiro atoms. The summed E-state index contributed by atoms with van der Waals surface area (Å²) in [5.41, 5.74) is 5.25. The predicted octanol–water partition coefficient (Wildman–Crippen LogP) is 1.25. The molecule has 0 bridgehead atoms. The van der Waals surface area contributed by atoms with Crippen molar-refractivity contribution in [3.8, 4) is 0 Å². The molecule has 0 amide bonds. The molecule has 0 saturated heterocycles. The zero-order chi connectivity index (χ0) is 12.1. The fourth-order valence-corrected chi connectivity index (χ4v) is 1.55. The van der Waals surface area contributed by atoms with Crippen molar-refractivity contribution >= 4 is 16.9 Å². The molecule has 0 atom stereocenters. The van der Waals surface area contributed by atoms with E-state index in [1.165, 1.54) is 0 Å². The average Bonchev–Trinajstić information content (AvgIpc) is 2.39. The van der Waals surface area contributed by atoms with E-state index in [-0.39, 0.29) is 0 Å². The molecule has 0 aliphatic rings. The maximum atomic E-state index is 5.47. The van der Waals surface area contributed by atoms with Gasteiger partial charge in [-0.3, -0.25) is 15.0 Å². The highest BCUT2D eigenvalue weighted by atomic mass is 15.2. The number of amidine groups is 1. The summed E-state index contributed by atoms with van der Waals surface area (Å²) in [6.07, 6.45) is 4.33. The van der Waals surface area contributed by atoms with Crippen molar-refractivity contribution in [1.82, 2.24) is 15.4 Å². The van der Waals surface area contributed by atoms with Crippen LogP contribution < -0.4 is 11.3 Å². The Morgan fingerprint density at radius 1 is 1.29 bits per heavy atom. The zero-order valence-corrected chi connectivity index (χ0v) is 9.72. The molecule has 0 unspecified atom stereocenters. The molecule has 0 fully saturated rings. The third-order valence-corrected chi connectivity index (χ3v) is 2.37. The van der Waals surface area contributed by atoms with Crippen LogP contribution >= 0.6 is 0 Å². The standard InChI is InChI=1S/C12H15N5/c1-2-5-16-12(17-13)9-3-4-10-11(8-9)15-7-6-14-10/h3-4,6-8H,2,5,13H2,1H3,(H,16,17). The van der Waals surface area contributed by atoms with Crippen molar-refractivity contribution in [2.45, 2.75) is 13.3 Å². The highest BCUT2D eigenvalue weighted by Gasteiger charge is 2.03. The van der Waals surface area contributed by atoms with E-state index in [1.54, 1.807) is 12.4 Å². The molecule has 0 aliphatic carbocycles. The summed E-state index contributed by atoms with van der Waals surface area (Å²) in [5.74, 6) is 6.15. The zero-order valence-electron chi connectivity index (χ0n) is 9.72. The first-order valence-corrected chi connectivity index (χ1v) is 5.57. The minimum Gasteiger partial charge on any atom is -0.308 e. The van der Waals surface area contributed by atoms with Crippen LogP contribution in [0.5, 0.6) is 0 Å². The Kier molecular flexibility index (Phi) is 3.62. The molecule has 1 aromatic carbocycles. The molecule has 0 radical (unpaired) electrons. The lowest BCUT2D eigenvalue weighted by atomic mass is 10.2. The van der Waals surface area contributed by atoms with Crippen LogP contribution in [-0.4, -0.2) is 22.3 Å². The fraction of sp³-hybridized carbons (Fsp3) is 0.250. The Morgan fingerprint density at radius 2 is 2.06 bits per heavy atom. The number of nitrogens with zero attached hydrogens (tertiary/aromatic N) is 3. The molecule has 2 aromatic rings. The number of nitrogens with one attached hydrogen (secondary N) is 1. The Hall–Kier alpha value is -2.01. The van der Waals surface area contributed by atoms with E-state index >= 15 is 0 Å². The number of benzene rings is 1. The van der Waals surface area contributed by atoms with Gasteiger partial charge < -0.3 is 5.43 Å². The first-order chi connectivity index (χ1) is 8.35. The van der Waals surface area contributed by atoms with Crippen molar-refractivity contribution < 1.29 is 0 Å². The number of fused-ring (bicyclic) bond motifs is 1. The summed E-state index contributed by atoms with van der Waals surface area (Å²) in [4.78, 5) is 12.8. The molecule has 0 aliphatic heterocycles. The van der Waals surface area contributed by atoms with Crippen LogP contribution in [0.2, 0.25) is 0 Å². The lowest BCUT2D eigenvalue weighted by Gasteiger charge is -2.06. The van der Waals surface area contributed by atoms with E-state index in [0.29, 0.717) is 5.84 Å². The molecular weight excluding hydrogens is 214 g/mol. The van der Waals surface area contributed by atoms with Gasteiger partial charge in [0, 0.05) is 24.5 Å². The van der Waals surface area contributed by atoms with Crippen molar-refractivity contribution in [3.63, 3.8) is 0 Å². The summed E-state index contributed by atoms with van der Waals surface area (Å²) < 4.78 is 0. The number of hydrogen-bond acceptors (Lipinski definition) is 4. The number of rotatable bonds is 3. The Morgan fingerprint density at radius 3 is 2.76 bits per heavy atom. The van der Waals surface area contributed by atoms with E-state index in [1.807, 2.05) is 18.2 Å². The van der Waals surface area contributed by atoms with Gasteiger partial charge in [0.1, 0.15) is 5.84 Å². The predicted molar refractivity (Wildman–Crippen MR) is 68.6 cm³/mol. The SMILES string of the molecule is CCCN=C(NN)c1ccc2nccnc2c1. The second kappa shape index (κ2) is 5.36. The van der Waals surface area contributed by atoms with Gasteiger partial charge in [-0.25, -0.2) is 5.84 Å². The van der Waals surface area contributed by atoms with Crippen LogP contribution in [0, 0.1) is 0 Å². The molecule has 88 valence electrons. The minimum atomic E-state index is 0.680.